The second-order valence-corrected chi connectivity index (χ2v) is 6.45. The number of methoxy groups -OCH3 is 1. The number of hydrogen-bond acceptors (Lipinski definition) is 5. The first-order valence-corrected chi connectivity index (χ1v) is 8.41. The van der Waals surface area contributed by atoms with Crippen LogP contribution in [0, 0.1) is 13.8 Å². The van der Waals surface area contributed by atoms with E-state index in [2.05, 4.69) is 22.0 Å². The third-order valence-electron chi connectivity index (χ3n) is 4.71. The van der Waals surface area contributed by atoms with Gasteiger partial charge < -0.3 is 19.1 Å². The SMILES string of the molecule is COCCCN(C(=O)Cc1c(C)noc1C)C1CCN(C)CC1. The lowest BCUT2D eigenvalue weighted by molar-refractivity contribution is -0.134. The van der Waals surface area contributed by atoms with Crippen molar-refractivity contribution in [3.8, 4) is 0 Å². The Labute approximate surface area is 138 Å². The van der Waals surface area contributed by atoms with E-state index in [1.807, 2.05) is 13.8 Å². The third kappa shape index (κ3) is 4.78. The molecular formula is C17H29N3O3. The Morgan fingerprint density at radius 3 is 2.65 bits per heavy atom. The zero-order valence-corrected chi connectivity index (χ0v) is 14.8. The number of nitrogens with zero attached hydrogens (tertiary/aromatic N) is 3. The summed E-state index contributed by atoms with van der Waals surface area (Å²) in [6.45, 7) is 7.29. The Morgan fingerprint density at radius 1 is 1.39 bits per heavy atom. The molecule has 1 aliphatic rings. The van der Waals surface area contributed by atoms with Gasteiger partial charge in [-0.3, -0.25) is 4.79 Å². The maximum absolute atomic E-state index is 12.9. The highest BCUT2D eigenvalue weighted by molar-refractivity contribution is 5.79. The molecule has 1 aliphatic heterocycles. The summed E-state index contributed by atoms with van der Waals surface area (Å²) in [5.74, 6) is 0.918. The molecule has 1 aromatic heterocycles. The smallest absolute Gasteiger partial charge is 0.227 e. The van der Waals surface area contributed by atoms with Gasteiger partial charge in [0.25, 0.3) is 0 Å². The standard InChI is InChI=1S/C17H29N3O3/c1-13-16(14(2)23-18-13)12-17(21)20(8-5-11-22-4)15-6-9-19(3)10-7-15/h15H,5-12H2,1-4H3. The summed E-state index contributed by atoms with van der Waals surface area (Å²) in [5.41, 5.74) is 1.75. The van der Waals surface area contributed by atoms with E-state index in [1.54, 1.807) is 7.11 Å². The molecule has 0 spiro atoms. The van der Waals surface area contributed by atoms with Crippen molar-refractivity contribution in [3.05, 3.63) is 17.0 Å². The summed E-state index contributed by atoms with van der Waals surface area (Å²) in [6, 6.07) is 0.330. The van der Waals surface area contributed by atoms with Crippen LogP contribution < -0.4 is 0 Å². The van der Waals surface area contributed by atoms with E-state index >= 15 is 0 Å². The van der Waals surface area contributed by atoms with Gasteiger partial charge in [0.05, 0.1) is 12.1 Å². The van der Waals surface area contributed by atoms with Crippen molar-refractivity contribution < 1.29 is 14.1 Å². The van der Waals surface area contributed by atoms with Crippen molar-refractivity contribution >= 4 is 5.91 Å². The van der Waals surface area contributed by atoms with Gasteiger partial charge in [0, 0.05) is 31.9 Å². The molecule has 1 amide bonds. The molecule has 0 unspecified atom stereocenters. The van der Waals surface area contributed by atoms with Crippen LogP contribution >= 0.6 is 0 Å². The third-order valence-corrected chi connectivity index (χ3v) is 4.71. The molecule has 6 heteroatoms. The van der Waals surface area contributed by atoms with Crippen LogP contribution in [0.2, 0.25) is 0 Å². The minimum absolute atomic E-state index is 0.171. The Bertz CT molecular complexity index is 488. The number of carbonyl (C=O) groups excluding carboxylic acids is 1. The first kappa shape index (κ1) is 17.9. The summed E-state index contributed by atoms with van der Waals surface area (Å²) in [6.07, 6.45) is 3.32. The van der Waals surface area contributed by atoms with Crippen molar-refractivity contribution in [2.75, 3.05) is 40.4 Å². The monoisotopic (exact) mass is 323 g/mol. The van der Waals surface area contributed by atoms with Crippen LogP contribution in [0.4, 0.5) is 0 Å². The van der Waals surface area contributed by atoms with Crippen LogP contribution in [0.25, 0.3) is 0 Å². The van der Waals surface area contributed by atoms with Crippen molar-refractivity contribution in [2.24, 2.45) is 0 Å². The molecule has 2 rings (SSSR count). The summed E-state index contributed by atoms with van der Waals surface area (Å²) in [7, 11) is 3.84. The zero-order chi connectivity index (χ0) is 16.8. The van der Waals surface area contributed by atoms with Gasteiger partial charge in [-0.25, -0.2) is 0 Å². The highest BCUT2D eigenvalue weighted by Gasteiger charge is 2.27. The number of hydrogen-bond donors (Lipinski definition) is 0. The number of aromatic nitrogens is 1. The summed E-state index contributed by atoms with van der Waals surface area (Å²) in [5, 5.41) is 3.95. The molecule has 0 aromatic carbocycles. The second kappa shape index (κ2) is 8.45. The van der Waals surface area contributed by atoms with Crippen LogP contribution in [-0.4, -0.2) is 67.3 Å². The Hall–Kier alpha value is -1.40. The van der Waals surface area contributed by atoms with E-state index < -0.39 is 0 Å². The van der Waals surface area contributed by atoms with Gasteiger partial charge in [0.2, 0.25) is 5.91 Å². The predicted octanol–water partition coefficient (Wildman–Crippen LogP) is 1.79. The van der Waals surface area contributed by atoms with Crippen LogP contribution in [0.3, 0.4) is 0 Å². The largest absolute Gasteiger partial charge is 0.385 e. The molecule has 1 fully saturated rings. The van der Waals surface area contributed by atoms with Crippen LogP contribution in [0.5, 0.6) is 0 Å². The highest BCUT2D eigenvalue weighted by atomic mass is 16.5. The average molecular weight is 323 g/mol. The quantitative estimate of drug-likeness (QED) is 0.716. The Kier molecular flexibility index (Phi) is 6.59. The van der Waals surface area contributed by atoms with Gasteiger partial charge in [-0.15, -0.1) is 0 Å². The van der Waals surface area contributed by atoms with Crippen molar-refractivity contribution in [2.45, 2.75) is 45.6 Å². The lowest BCUT2D eigenvalue weighted by atomic mass is 10.0. The Balaban J connectivity index is 2.04. The fourth-order valence-electron chi connectivity index (χ4n) is 3.20. The van der Waals surface area contributed by atoms with E-state index in [0.29, 0.717) is 19.1 Å². The maximum atomic E-state index is 12.9. The highest BCUT2D eigenvalue weighted by Crippen LogP contribution is 2.20. The van der Waals surface area contributed by atoms with Gasteiger partial charge in [-0.05, 0) is 53.2 Å². The number of rotatable bonds is 7. The van der Waals surface area contributed by atoms with Gasteiger partial charge in [-0.1, -0.05) is 5.16 Å². The average Bonchev–Trinajstić information content (AvgIpc) is 2.84. The lowest BCUT2D eigenvalue weighted by Gasteiger charge is -2.37. The molecule has 0 aliphatic carbocycles. The summed E-state index contributed by atoms with van der Waals surface area (Å²) < 4.78 is 10.3. The van der Waals surface area contributed by atoms with E-state index in [4.69, 9.17) is 9.26 Å². The summed E-state index contributed by atoms with van der Waals surface area (Å²) >= 11 is 0. The van der Waals surface area contributed by atoms with E-state index in [1.165, 1.54) is 0 Å². The normalized spacial score (nSPS) is 16.7. The molecule has 1 saturated heterocycles. The van der Waals surface area contributed by atoms with Crippen molar-refractivity contribution in [3.63, 3.8) is 0 Å². The predicted molar refractivity (Wildman–Crippen MR) is 88.4 cm³/mol. The van der Waals surface area contributed by atoms with Crippen LogP contribution in [-0.2, 0) is 16.0 Å². The van der Waals surface area contributed by atoms with Gasteiger partial charge >= 0.3 is 0 Å². The molecule has 0 saturated carbocycles. The molecule has 0 bridgehead atoms. The van der Waals surface area contributed by atoms with Crippen LogP contribution in [0.1, 0.15) is 36.3 Å². The molecule has 1 aromatic rings. The molecule has 0 N–H and O–H groups in total. The fourth-order valence-corrected chi connectivity index (χ4v) is 3.20. The number of amides is 1. The first-order chi connectivity index (χ1) is 11.0. The minimum atomic E-state index is 0.171. The molecule has 2 heterocycles. The zero-order valence-electron chi connectivity index (χ0n) is 14.8. The number of carbonyl (C=O) groups is 1. The lowest BCUT2D eigenvalue weighted by Crippen LogP contribution is -2.47. The van der Waals surface area contributed by atoms with Crippen molar-refractivity contribution in [1.82, 2.24) is 15.0 Å². The van der Waals surface area contributed by atoms with E-state index in [-0.39, 0.29) is 5.91 Å². The number of likely N-dealkylation sites (tertiary alicyclic amines) is 1. The Morgan fingerprint density at radius 2 is 2.09 bits per heavy atom. The molecule has 0 atom stereocenters. The van der Waals surface area contributed by atoms with Gasteiger partial charge in [-0.2, -0.15) is 0 Å². The maximum Gasteiger partial charge on any atom is 0.227 e. The topological polar surface area (TPSA) is 58.8 Å². The second-order valence-electron chi connectivity index (χ2n) is 6.45. The molecular weight excluding hydrogens is 294 g/mol. The minimum Gasteiger partial charge on any atom is -0.385 e. The number of aryl methyl sites for hydroxylation is 2. The van der Waals surface area contributed by atoms with Gasteiger partial charge in [0.1, 0.15) is 5.76 Å². The van der Waals surface area contributed by atoms with Gasteiger partial charge in [0.15, 0.2) is 0 Å². The van der Waals surface area contributed by atoms with E-state index in [0.717, 1.165) is 55.9 Å². The van der Waals surface area contributed by atoms with E-state index in [9.17, 15) is 4.79 Å². The molecule has 6 nitrogen and oxygen atoms in total. The van der Waals surface area contributed by atoms with Crippen molar-refractivity contribution in [1.29, 1.82) is 0 Å². The molecule has 0 radical (unpaired) electrons. The number of piperidine rings is 1. The van der Waals surface area contributed by atoms with Crippen LogP contribution in [0.15, 0.2) is 4.52 Å². The number of ether oxygens (including phenoxy) is 1. The molecule has 130 valence electrons. The fraction of sp³-hybridized carbons (Fsp3) is 0.765. The first-order valence-electron chi connectivity index (χ1n) is 8.41. The summed E-state index contributed by atoms with van der Waals surface area (Å²) in [4.78, 5) is 17.3. The molecule has 23 heavy (non-hydrogen) atoms.